The average molecular weight is 409 g/mol. The van der Waals surface area contributed by atoms with Crippen LogP contribution >= 0.6 is 11.8 Å². The van der Waals surface area contributed by atoms with Gasteiger partial charge in [-0.2, -0.15) is 0 Å². The van der Waals surface area contributed by atoms with Gasteiger partial charge in [0.2, 0.25) is 5.91 Å². The van der Waals surface area contributed by atoms with Gasteiger partial charge < -0.3 is 9.88 Å². The molecule has 1 aromatic carbocycles. The number of fused-ring (bicyclic) bond motifs is 1. The summed E-state index contributed by atoms with van der Waals surface area (Å²) in [7, 11) is 0. The normalized spacial score (nSPS) is 15.7. The van der Waals surface area contributed by atoms with Gasteiger partial charge in [0.25, 0.3) is 0 Å². The molecule has 2 heterocycles. The topological polar surface area (TPSA) is 59.8 Å². The maximum Gasteiger partial charge on any atom is 0.243 e. The van der Waals surface area contributed by atoms with Gasteiger partial charge in [-0.15, -0.1) is 0 Å². The van der Waals surface area contributed by atoms with Gasteiger partial charge in [-0.3, -0.25) is 9.78 Å². The van der Waals surface area contributed by atoms with Crippen molar-refractivity contribution in [2.45, 2.75) is 68.9 Å². The highest BCUT2D eigenvalue weighted by Gasteiger charge is 2.27. The summed E-state index contributed by atoms with van der Waals surface area (Å²) in [6.45, 7) is 4.16. The Kier molecular flexibility index (Phi) is 6.19. The number of thioether (sulfide) groups is 1. The third kappa shape index (κ3) is 4.47. The molecule has 5 nitrogen and oxygen atoms in total. The lowest BCUT2D eigenvalue weighted by molar-refractivity contribution is -0.125. The van der Waals surface area contributed by atoms with Gasteiger partial charge in [0.15, 0.2) is 5.16 Å². The van der Waals surface area contributed by atoms with Crippen LogP contribution in [0.4, 0.5) is 0 Å². The Hall–Kier alpha value is -2.34. The number of imidazole rings is 1. The maximum absolute atomic E-state index is 13.1. The Morgan fingerprint density at radius 3 is 2.72 bits per heavy atom. The summed E-state index contributed by atoms with van der Waals surface area (Å²) >= 11 is 1.68. The molecule has 3 aromatic rings. The van der Waals surface area contributed by atoms with Crippen molar-refractivity contribution in [3.8, 4) is 0 Å². The number of nitrogens with zero attached hydrogens (tertiary/aromatic N) is 3. The molecule has 2 aromatic heterocycles. The molecule has 1 aliphatic rings. The summed E-state index contributed by atoms with van der Waals surface area (Å²) < 4.78 is 2.09. The van der Waals surface area contributed by atoms with Crippen LogP contribution in [0.5, 0.6) is 0 Å². The van der Waals surface area contributed by atoms with E-state index in [1.807, 2.05) is 12.3 Å². The zero-order valence-corrected chi connectivity index (χ0v) is 17.9. The molecule has 0 aliphatic heterocycles. The number of carbonyl (C=O) groups is 1. The molecule has 0 bridgehead atoms. The van der Waals surface area contributed by atoms with E-state index in [-0.39, 0.29) is 11.9 Å². The van der Waals surface area contributed by atoms with Crippen molar-refractivity contribution in [2.75, 3.05) is 0 Å². The minimum Gasteiger partial charge on any atom is -0.352 e. The number of rotatable bonds is 7. The summed E-state index contributed by atoms with van der Waals surface area (Å²) in [6, 6.07) is 10.5. The molecule has 1 amide bonds. The van der Waals surface area contributed by atoms with E-state index in [0.717, 1.165) is 41.2 Å². The predicted octanol–water partition coefficient (Wildman–Crippen LogP) is 5.04. The average Bonchev–Trinajstić information content (AvgIpc) is 3.36. The lowest BCUT2D eigenvalue weighted by Gasteiger charge is -2.22. The van der Waals surface area contributed by atoms with Gasteiger partial charge in [-0.25, -0.2) is 4.98 Å². The number of nitrogens with one attached hydrogen (secondary N) is 1. The molecule has 29 heavy (non-hydrogen) atoms. The lowest BCUT2D eigenvalue weighted by Crippen LogP contribution is -2.38. The van der Waals surface area contributed by atoms with Gasteiger partial charge in [-0.1, -0.05) is 61.4 Å². The zero-order valence-electron chi connectivity index (χ0n) is 17.1. The van der Waals surface area contributed by atoms with E-state index < -0.39 is 0 Å². The van der Waals surface area contributed by atoms with Crippen LogP contribution < -0.4 is 5.32 Å². The van der Waals surface area contributed by atoms with E-state index in [2.05, 4.69) is 53.0 Å². The fourth-order valence-electron chi connectivity index (χ4n) is 4.01. The van der Waals surface area contributed by atoms with E-state index in [1.54, 1.807) is 18.0 Å². The first-order chi connectivity index (χ1) is 14.2. The molecule has 0 saturated heterocycles. The molecule has 0 radical (unpaired) electrons. The third-order valence-corrected chi connectivity index (χ3v) is 6.67. The van der Waals surface area contributed by atoms with Gasteiger partial charge in [0, 0.05) is 18.0 Å². The third-order valence-electron chi connectivity index (χ3n) is 5.65. The molecule has 1 N–H and O–H groups in total. The first-order valence-corrected chi connectivity index (χ1v) is 11.4. The number of aryl methyl sites for hydroxylation is 1. The van der Waals surface area contributed by atoms with Crippen LogP contribution in [0.15, 0.2) is 47.9 Å². The van der Waals surface area contributed by atoms with Crippen molar-refractivity contribution in [2.24, 2.45) is 0 Å². The summed E-state index contributed by atoms with van der Waals surface area (Å²) in [4.78, 5) is 22.3. The van der Waals surface area contributed by atoms with Crippen molar-refractivity contribution < 1.29 is 4.79 Å². The largest absolute Gasteiger partial charge is 0.352 e. The Morgan fingerprint density at radius 2 is 2.00 bits per heavy atom. The molecule has 6 heteroatoms. The molecule has 1 atom stereocenters. The molecular weight excluding hydrogens is 380 g/mol. The minimum atomic E-state index is -0.273. The van der Waals surface area contributed by atoms with Crippen LogP contribution in [0.25, 0.3) is 11.0 Å². The summed E-state index contributed by atoms with van der Waals surface area (Å²) in [5, 5.41) is 4.15. The summed E-state index contributed by atoms with van der Waals surface area (Å²) in [5.41, 5.74) is 4.32. The van der Waals surface area contributed by atoms with Gasteiger partial charge in [-0.05, 0) is 37.8 Å². The number of hydrogen-bond acceptors (Lipinski definition) is 4. The molecule has 0 spiro atoms. The second-order valence-electron chi connectivity index (χ2n) is 7.82. The lowest BCUT2D eigenvalue weighted by atomic mass is 10.1. The van der Waals surface area contributed by atoms with Crippen molar-refractivity contribution in [3.63, 3.8) is 0 Å². The first kappa shape index (κ1) is 20.0. The van der Waals surface area contributed by atoms with Crippen LogP contribution in [-0.4, -0.2) is 26.5 Å². The second-order valence-corrected chi connectivity index (χ2v) is 8.76. The van der Waals surface area contributed by atoms with Gasteiger partial charge >= 0.3 is 0 Å². The number of pyridine rings is 1. The highest BCUT2D eigenvalue weighted by Crippen LogP contribution is 2.31. The first-order valence-electron chi connectivity index (χ1n) is 10.5. The number of amides is 1. The van der Waals surface area contributed by atoms with Crippen LogP contribution in [0.3, 0.4) is 0 Å². The monoisotopic (exact) mass is 408 g/mol. The maximum atomic E-state index is 13.1. The quantitative estimate of drug-likeness (QED) is 0.556. The van der Waals surface area contributed by atoms with Gasteiger partial charge in [0.1, 0.15) is 6.04 Å². The van der Waals surface area contributed by atoms with Crippen molar-refractivity contribution in [3.05, 3.63) is 53.9 Å². The standard InChI is InChI=1S/C23H28N4OS/c1-3-20(22(28)25-18-6-4-5-7-18)27-21-14-24-13-12-19(21)26-23(27)29-15-17-10-8-16(2)9-11-17/h8-14,18,20H,3-7,15H2,1-2H3,(H,25,28). The molecule has 1 fully saturated rings. The van der Waals surface area contributed by atoms with Crippen LogP contribution in [0, 0.1) is 6.92 Å². The van der Waals surface area contributed by atoms with Crippen molar-refractivity contribution >= 4 is 28.7 Å². The number of carbonyl (C=O) groups excluding carboxylic acids is 1. The Morgan fingerprint density at radius 1 is 1.24 bits per heavy atom. The van der Waals surface area contributed by atoms with E-state index in [9.17, 15) is 4.79 Å². The highest BCUT2D eigenvalue weighted by atomic mass is 32.2. The smallest absolute Gasteiger partial charge is 0.243 e. The molecule has 152 valence electrons. The SMILES string of the molecule is CCC(C(=O)NC1CCCC1)n1c(SCc2ccc(C)cc2)nc2ccncc21. The van der Waals surface area contributed by atoms with Crippen LogP contribution in [-0.2, 0) is 10.5 Å². The summed E-state index contributed by atoms with van der Waals surface area (Å²) in [5.74, 6) is 0.914. The van der Waals surface area contributed by atoms with Crippen LogP contribution in [0.1, 0.15) is 56.2 Å². The number of aromatic nitrogens is 3. The Balaban J connectivity index is 1.62. The summed E-state index contributed by atoms with van der Waals surface area (Å²) in [6.07, 6.45) is 8.88. The van der Waals surface area contributed by atoms with E-state index >= 15 is 0 Å². The fraction of sp³-hybridized carbons (Fsp3) is 0.435. The van der Waals surface area contributed by atoms with Crippen LogP contribution in [0.2, 0.25) is 0 Å². The van der Waals surface area contributed by atoms with E-state index in [0.29, 0.717) is 6.04 Å². The van der Waals surface area contributed by atoms with Gasteiger partial charge in [0.05, 0.1) is 17.2 Å². The second kappa shape index (κ2) is 8.99. The molecule has 1 unspecified atom stereocenters. The van der Waals surface area contributed by atoms with E-state index in [4.69, 9.17) is 4.98 Å². The van der Waals surface area contributed by atoms with Crippen molar-refractivity contribution in [1.29, 1.82) is 0 Å². The predicted molar refractivity (Wildman–Crippen MR) is 118 cm³/mol. The van der Waals surface area contributed by atoms with Crippen molar-refractivity contribution in [1.82, 2.24) is 19.9 Å². The number of benzene rings is 1. The molecule has 1 aliphatic carbocycles. The molecule has 4 rings (SSSR count). The fourth-order valence-corrected chi connectivity index (χ4v) is 5.02. The molecule has 1 saturated carbocycles. The minimum absolute atomic E-state index is 0.0970. The highest BCUT2D eigenvalue weighted by molar-refractivity contribution is 7.98. The van der Waals surface area contributed by atoms with E-state index in [1.165, 1.54) is 24.0 Å². The Labute approximate surface area is 176 Å². The number of hydrogen-bond donors (Lipinski definition) is 1. The molecular formula is C23H28N4OS. The zero-order chi connectivity index (χ0) is 20.2. The Bertz CT molecular complexity index is 976.